The monoisotopic (exact) mass is 218 g/mol. The number of carbonyl (C=O) groups is 1. The van der Waals surface area contributed by atoms with Crippen LogP contribution in [-0.4, -0.2) is 46.1 Å². The van der Waals surface area contributed by atoms with E-state index in [2.05, 4.69) is 10.6 Å². The molecule has 0 aromatic rings. The number of hydrogen-bond donors (Lipinski definition) is 2. The highest BCUT2D eigenvalue weighted by Gasteiger charge is 1.97. The van der Waals surface area contributed by atoms with Crippen molar-refractivity contribution in [2.24, 2.45) is 0 Å². The third-order valence-electron chi connectivity index (χ3n) is 1.70. The van der Waals surface area contributed by atoms with Crippen LogP contribution in [0.5, 0.6) is 0 Å². The Hall–Kier alpha value is -0.810. The lowest BCUT2D eigenvalue weighted by atomic mass is 10.4. The van der Waals surface area contributed by atoms with Crippen LogP contribution in [0.4, 0.5) is 4.79 Å². The van der Waals surface area contributed by atoms with Crippen molar-refractivity contribution in [2.75, 3.05) is 40.0 Å². The molecule has 0 aliphatic carbocycles. The summed E-state index contributed by atoms with van der Waals surface area (Å²) in [6.45, 7) is 5.23. The van der Waals surface area contributed by atoms with Crippen LogP contribution < -0.4 is 10.6 Å². The van der Waals surface area contributed by atoms with E-state index < -0.39 is 0 Å². The third-order valence-corrected chi connectivity index (χ3v) is 1.70. The molecule has 5 nitrogen and oxygen atoms in total. The molecule has 0 bridgehead atoms. The van der Waals surface area contributed by atoms with E-state index in [0.29, 0.717) is 19.8 Å². The Morgan fingerprint density at radius 3 is 2.60 bits per heavy atom. The van der Waals surface area contributed by atoms with Gasteiger partial charge in [0.25, 0.3) is 0 Å². The highest BCUT2D eigenvalue weighted by atomic mass is 16.5. The number of ether oxygens (including phenoxy) is 2. The van der Waals surface area contributed by atoms with Crippen LogP contribution in [0.3, 0.4) is 0 Å². The molecule has 0 saturated heterocycles. The maximum absolute atomic E-state index is 10.8. The molecule has 0 saturated carbocycles. The van der Waals surface area contributed by atoms with E-state index in [1.165, 1.54) is 0 Å². The molecule has 0 aromatic heterocycles. The van der Waals surface area contributed by atoms with Crippen LogP contribution >= 0.6 is 0 Å². The number of nitrogens with one attached hydrogen (secondary N) is 2. The van der Waals surface area contributed by atoms with Gasteiger partial charge in [-0.05, 0) is 26.9 Å². The van der Waals surface area contributed by atoms with Gasteiger partial charge in [0.15, 0.2) is 0 Å². The first-order valence-corrected chi connectivity index (χ1v) is 5.44. The fourth-order valence-corrected chi connectivity index (χ4v) is 0.974. The molecule has 0 atom stereocenters. The molecule has 2 N–H and O–H groups in total. The minimum absolute atomic E-state index is 0.354. The Morgan fingerprint density at radius 1 is 1.20 bits per heavy atom. The summed E-state index contributed by atoms with van der Waals surface area (Å²) in [5.74, 6) is 0. The summed E-state index contributed by atoms with van der Waals surface area (Å²) in [6.07, 6.45) is 1.40. The zero-order valence-electron chi connectivity index (χ0n) is 9.67. The topological polar surface area (TPSA) is 59.6 Å². The standard InChI is InChI=1S/C10H22N2O3/c1-3-12-10(13)15-9-5-8-14-7-4-6-11-2/h11H,3-9H2,1-2H3,(H,12,13). The smallest absolute Gasteiger partial charge is 0.407 e. The first kappa shape index (κ1) is 14.2. The van der Waals surface area contributed by atoms with E-state index in [-0.39, 0.29) is 6.09 Å². The van der Waals surface area contributed by atoms with E-state index in [0.717, 1.165) is 26.0 Å². The summed E-state index contributed by atoms with van der Waals surface area (Å²) in [5, 5.41) is 5.60. The SMILES string of the molecule is CCNC(=O)OCCCOCCCNC. The van der Waals surface area contributed by atoms with Crippen LogP contribution in [0.15, 0.2) is 0 Å². The van der Waals surface area contributed by atoms with Crippen LogP contribution in [0.25, 0.3) is 0 Å². The first-order chi connectivity index (χ1) is 7.31. The van der Waals surface area contributed by atoms with Gasteiger partial charge < -0.3 is 20.1 Å². The van der Waals surface area contributed by atoms with Crippen LogP contribution in [0.2, 0.25) is 0 Å². The Kier molecular flexibility index (Phi) is 10.7. The van der Waals surface area contributed by atoms with E-state index in [4.69, 9.17) is 9.47 Å². The average molecular weight is 218 g/mol. The average Bonchev–Trinajstić information content (AvgIpc) is 2.22. The van der Waals surface area contributed by atoms with Crippen molar-refractivity contribution in [1.29, 1.82) is 0 Å². The molecular weight excluding hydrogens is 196 g/mol. The molecule has 0 radical (unpaired) electrons. The summed E-state index contributed by atoms with van der Waals surface area (Å²) in [7, 11) is 1.92. The summed E-state index contributed by atoms with van der Waals surface area (Å²) < 4.78 is 10.2. The van der Waals surface area contributed by atoms with Crippen LogP contribution in [-0.2, 0) is 9.47 Å². The summed E-state index contributed by atoms with van der Waals surface area (Å²) in [6, 6.07) is 0. The summed E-state index contributed by atoms with van der Waals surface area (Å²) >= 11 is 0. The predicted octanol–water partition coefficient (Wildman–Crippen LogP) is 0.749. The van der Waals surface area contributed by atoms with Gasteiger partial charge in [0.05, 0.1) is 6.61 Å². The fourth-order valence-electron chi connectivity index (χ4n) is 0.974. The Bertz CT molecular complexity index is 154. The summed E-state index contributed by atoms with van der Waals surface area (Å²) in [4.78, 5) is 10.8. The maximum atomic E-state index is 10.8. The second-order valence-electron chi connectivity index (χ2n) is 3.09. The van der Waals surface area contributed by atoms with Gasteiger partial charge in [0.2, 0.25) is 0 Å². The third kappa shape index (κ3) is 11.1. The van der Waals surface area contributed by atoms with Gasteiger partial charge >= 0.3 is 6.09 Å². The van der Waals surface area contributed by atoms with Crippen LogP contribution in [0.1, 0.15) is 19.8 Å². The summed E-state index contributed by atoms with van der Waals surface area (Å²) in [5.41, 5.74) is 0. The maximum Gasteiger partial charge on any atom is 0.407 e. The van der Waals surface area contributed by atoms with Gasteiger partial charge in [0.1, 0.15) is 0 Å². The Morgan fingerprint density at radius 2 is 1.93 bits per heavy atom. The van der Waals surface area contributed by atoms with Gasteiger partial charge in [-0.1, -0.05) is 0 Å². The molecule has 0 unspecified atom stereocenters. The highest BCUT2D eigenvalue weighted by molar-refractivity contribution is 5.66. The number of hydrogen-bond acceptors (Lipinski definition) is 4. The van der Waals surface area contributed by atoms with Gasteiger partial charge in [-0.2, -0.15) is 0 Å². The molecule has 0 aliphatic rings. The first-order valence-electron chi connectivity index (χ1n) is 5.44. The molecule has 0 aliphatic heterocycles. The zero-order valence-corrected chi connectivity index (χ0v) is 9.67. The minimum Gasteiger partial charge on any atom is -0.449 e. The largest absolute Gasteiger partial charge is 0.449 e. The lowest BCUT2D eigenvalue weighted by molar-refractivity contribution is 0.0998. The van der Waals surface area contributed by atoms with Gasteiger partial charge in [-0.25, -0.2) is 4.79 Å². The molecule has 0 spiro atoms. The number of alkyl carbamates (subject to hydrolysis) is 1. The molecule has 15 heavy (non-hydrogen) atoms. The van der Waals surface area contributed by atoms with Crippen molar-refractivity contribution < 1.29 is 14.3 Å². The van der Waals surface area contributed by atoms with E-state index in [1.807, 2.05) is 14.0 Å². The zero-order chi connectivity index (χ0) is 11.4. The molecular formula is C10H22N2O3. The van der Waals surface area contributed by atoms with Crippen molar-refractivity contribution in [3.05, 3.63) is 0 Å². The fraction of sp³-hybridized carbons (Fsp3) is 0.900. The lowest BCUT2D eigenvalue weighted by Gasteiger charge is -2.06. The molecule has 1 amide bonds. The highest BCUT2D eigenvalue weighted by Crippen LogP contribution is 1.87. The Labute approximate surface area is 91.5 Å². The van der Waals surface area contributed by atoms with Gasteiger partial charge in [-0.3, -0.25) is 0 Å². The minimum atomic E-state index is -0.354. The van der Waals surface area contributed by atoms with Crippen molar-refractivity contribution in [1.82, 2.24) is 10.6 Å². The number of amides is 1. The molecule has 90 valence electrons. The van der Waals surface area contributed by atoms with Gasteiger partial charge in [-0.15, -0.1) is 0 Å². The number of carbonyl (C=O) groups excluding carboxylic acids is 1. The molecule has 0 rings (SSSR count). The quantitative estimate of drug-likeness (QED) is 0.561. The predicted molar refractivity (Wildman–Crippen MR) is 59.0 cm³/mol. The van der Waals surface area contributed by atoms with Crippen molar-refractivity contribution in [3.8, 4) is 0 Å². The second kappa shape index (κ2) is 11.3. The van der Waals surface area contributed by atoms with E-state index in [9.17, 15) is 4.79 Å². The van der Waals surface area contributed by atoms with Crippen molar-refractivity contribution in [3.63, 3.8) is 0 Å². The Balaban J connectivity index is 3.01. The van der Waals surface area contributed by atoms with E-state index in [1.54, 1.807) is 0 Å². The molecule has 0 heterocycles. The van der Waals surface area contributed by atoms with E-state index >= 15 is 0 Å². The number of rotatable bonds is 9. The molecule has 0 fully saturated rings. The molecule has 5 heteroatoms. The van der Waals surface area contributed by atoms with Crippen LogP contribution in [0, 0.1) is 0 Å². The van der Waals surface area contributed by atoms with Crippen molar-refractivity contribution >= 4 is 6.09 Å². The normalized spacial score (nSPS) is 10.0. The lowest BCUT2D eigenvalue weighted by Crippen LogP contribution is -2.24. The van der Waals surface area contributed by atoms with Gasteiger partial charge in [0, 0.05) is 26.2 Å². The van der Waals surface area contributed by atoms with Crippen molar-refractivity contribution in [2.45, 2.75) is 19.8 Å². The second-order valence-corrected chi connectivity index (χ2v) is 3.09. The molecule has 0 aromatic carbocycles.